The molecule has 0 aromatic carbocycles. The second kappa shape index (κ2) is 6.34. The zero-order valence-corrected chi connectivity index (χ0v) is 11.2. The summed E-state index contributed by atoms with van der Waals surface area (Å²) in [5.74, 6) is -1.49. The number of hydrogen-bond acceptors (Lipinski definition) is 5. The topological polar surface area (TPSA) is 105 Å². The Balaban J connectivity index is 2.59. The first-order chi connectivity index (χ1) is 8.43. The lowest BCUT2D eigenvalue weighted by Crippen LogP contribution is -2.45. The van der Waals surface area contributed by atoms with Gasteiger partial charge in [0.2, 0.25) is 5.91 Å². The number of carbonyl (C=O) groups is 2. The van der Waals surface area contributed by atoms with Gasteiger partial charge in [-0.15, -0.1) is 11.3 Å². The molecule has 1 rings (SSSR count). The molecule has 0 aliphatic carbocycles. The van der Waals surface area contributed by atoms with Crippen LogP contribution in [-0.4, -0.2) is 28.0 Å². The lowest BCUT2D eigenvalue weighted by atomic mass is 9.99. The van der Waals surface area contributed by atoms with Crippen molar-refractivity contribution >= 4 is 28.3 Å². The summed E-state index contributed by atoms with van der Waals surface area (Å²) in [5, 5.41) is 13.6. The Morgan fingerprint density at radius 3 is 2.72 bits per heavy atom. The molecule has 100 valence electrons. The van der Waals surface area contributed by atoms with E-state index in [4.69, 9.17) is 10.8 Å². The van der Waals surface area contributed by atoms with Gasteiger partial charge in [0, 0.05) is 5.38 Å². The number of carboxylic acid groups (broad SMARTS) is 1. The van der Waals surface area contributed by atoms with Crippen LogP contribution in [0.3, 0.4) is 0 Å². The van der Waals surface area contributed by atoms with Gasteiger partial charge >= 0.3 is 5.97 Å². The quantitative estimate of drug-likeness (QED) is 0.712. The minimum Gasteiger partial charge on any atom is -0.480 e. The Morgan fingerprint density at radius 2 is 2.28 bits per heavy atom. The predicted octanol–water partition coefficient (Wildman–Crippen LogP) is 0.883. The van der Waals surface area contributed by atoms with E-state index in [1.54, 1.807) is 12.3 Å². The summed E-state index contributed by atoms with van der Waals surface area (Å²) in [5.41, 5.74) is 6.01. The van der Waals surface area contributed by atoms with E-state index >= 15 is 0 Å². The van der Waals surface area contributed by atoms with Crippen molar-refractivity contribution in [2.75, 3.05) is 5.73 Å². The SMILES string of the molecule is CCC(C)C(NC(=O)Cc1csc(N)n1)C(=O)O. The summed E-state index contributed by atoms with van der Waals surface area (Å²) in [6, 6.07) is -0.863. The Hall–Kier alpha value is -1.63. The van der Waals surface area contributed by atoms with E-state index in [1.807, 2.05) is 6.92 Å². The molecule has 4 N–H and O–H groups in total. The zero-order valence-electron chi connectivity index (χ0n) is 10.3. The number of carbonyl (C=O) groups excluding carboxylic acids is 1. The summed E-state index contributed by atoms with van der Waals surface area (Å²) in [6.45, 7) is 3.67. The van der Waals surface area contributed by atoms with Crippen molar-refractivity contribution in [2.24, 2.45) is 5.92 Å². The van der Waals surface area contributed by atoms with Crippen molar-refractivity contribution in [1.29, 1.82) is 0 Å². The molecule has 0 fully saturated rings. The van der Waals surface area contributed by atoms with Gasteiger partial charge in [-0.3, -0.25) is 4.79 Å². The molecule has 0 aliphatic rings. The van der Waals surface area contributed by atoms with Crippen LogP contribution in [0.2, 0.25) is 0 Å². The number of nitrogens with two attached hydrogens (primary N) is 1. The lowest BCUT2D eigenvalue weighted by Gasteiger charge is -2.19. The summed E-state index contributed by atoms with van der Waals surface area (Å²) in [4.78, 5) is 26.7. The number of rotatable bonds is 6. The van der Waals surface area contributed by atoms with Gasteiger partial charge < -0.3 is 16.2 Å². The third kappa shape index (κ3) is 3.99. The molecule has 0 bridgehead atoms. The van der Waals surface area contributed by atoms with E-state index in [-0.39, 0.29) is 18.2 Å². The molecule has 2 atom stereocenters. The third-order valence-corrected chi connectivity index (χ3v) is 3.43. The molecule has 1 aromatic heterocycles. The molecule has 1 amide bonds. The zero-order chi connectivity index (χ0) is 13.7. The normalized spacial score (nSPS) is 13.9. The van der Waals surface area contributed by atoms with Crippen molar-refractivity contribution in [3.8, 4) is 0 Å². The molecular weight excluding hydrogens is 254 g/mol. The molecule has 7 heteroatoms. The molecule has 0 spiro atoms. The van der Waals surface area contributed by atoms with Crippen molar-refractivity contribution in [2.45, 2.75) is 32.7 Å². The molecule has 0 saturated heterocycles. The number of amides is 1. The van der Waals surface area contributed by atoms with Crippen LogP contribution in [0.4, 0.5) is 5.13 Å². The summed E-state index contributed by atoms with van der Waals surface area (Å²) < 4.78 is 0. The van der Waals surface area contributed by atoms with E-state index in [0.717, 1.165) is 0 Å². The summed E-state index contributed by atoms with van der Waals surface area (Å²) in [6.07, 6.45) is 0.731. The van der Waals surface area contributed by atoms with Crippen molar-refractivity contribution in [1.82, 2.24) is 10.3 Å². The molecule has 2 unspecified atom stereocenters. The Kier molecular flexibility index (Phi) is 5.08. The Labute approximate surface area is 109 Å². The lowest BCUT2D eigenvalue weighted by molar-refractivity contribution is -0.143. The number of aliphatic carboxylic acids is 1. The molecule has 6 nitrogen and oxygen atoms in total. The first-order valence-corrected chi connectivity index (χ1v) is 6.54. The fourth-order valence-electron chi connectivity index (χ4n) is 1.48. The molecule has 0 radical (unpaired) electrons. The number of nitrogens with zero attached hydrogens (tertiary/aromatic N) is 1. The highest BCUT2D eigenvalue weighted by molar-refractivity contribution is 7.13. The fourth-order valence-corrected chi connectivity index (χ4v) is 2.04. The van der Waals surface area contributed by atoms with E-state index in [9.17, 15) is 9.59 Å². The number of thiazole rings is 1. The smallest absolute Gasteiger partial charge is 0.326 e. The number of carboxylic acids is 1. The van der Waals surface area contributed by atoms with E-state index in [0.29, 0.717) is 17.2 Å². The van der Waals surface area contributed by atoms with Crippen LogP contribution in [0.5, 0.6) is 0 Å². The highest BCUT2D eigenvalue weighted by atomic mass is 32.1. The van der Waals surface area contributed by atoms with Crippen LogP contribution in [0.25, 0.3) is 0 Å². The van der Waals surface area contributed by atoms with E-state index in [2.05, 4.69) is 10.3 Å². The fraction of sp³-hybridized carbons (Fsp3) is 0.545. The van der Waals surface area contributed by atoms with Gasteiger partial charge in [-0.05, 0) is 5.92 Å². The molecule has 18 heavy (non-hydrogen) atoms. The van der Waals surface area contributed by atoms with Gasteiger partial charge in [-0.25, -0.2) is 9.78 Å². The number of aromatic nitrogens is 1. The minimum absolute atomic E-state index is 0.0495. The predicted molar refractivity (Wildman–Crippen MR) is 69.3 cm³/mol. The van der Waals surface area contributed by atoms with Crippen LogP contribution in [0.15, 0.2) is 5.38 Å². The second-order valence-corrected chi connectivity index (χ2v) is 5.01. The maximum Gasteiger partial charge on any atom is 0.326 e. The van der Waals surface area contributed by atoms with Crippen molar-refractivity contribution < 1.29 is 14.7 Å². The molecular formula is C11H17N3O3S. The van der Waals surface area contributed by atoms with E-state index < -0.39 is 12.0 Å². The van der Waals surface area contributed by atoms with Gasteiger partial charge in [-0.2, -0.15) is 0 Å². The monoisotopic (exact) mass is 271 g/mol. The molecule has 0 saturated carbocycles. The second-order valence-electron chi connectivity index (χ2n) is 4.12. The largest absolute Gasteiger partial charge is 0.480 e. The maximum atomic E-state index is 11.7. The van der Waals surface area contributed by atoms with E-state index in [1.165, 1.54) is 11.3 Å². The number of nitrogen functional groups attached to an aromatic ring is 1. The Bertz CT molecular complexity index is 433. The van der Waals surface area contributed by atoms with Crippen LogP contribution in [0.1, 0.15) is 26.0 Å². The summed E-state index contributed by atoms with van der Waals surface area (Å²) in [7, 11) is 0. The average Bonchev–Trinajstić information content (AvgIpc) is 2.70. The number of hydrogen-bond donors (Lipinski definition) is 3. The highest BCUT2D eigenvalue weighted by Crippen LogP contribution is 2.12. The molecule has 0 aliphatic heterocycles. The van der Waals surface area contributed by atoms with Crippen molar-refractivity contribution in [3.63, 3.8) is 0 Å². The van der Waals surface area contributed by atoms with Gasteiger partial charge in [0.15, 0.2) is 5.13 Å². The minimum atomic E-state index is -1.02. The maximum absolute atomic E-state index is 11.7. The first kappa shape index (κ1) is 14.4. The van der Waals surface area contributed by atoms with Crippen LogP contribution in [-0.2, 0) is 16.0 Å². The van der Waals surface area contributed by atoms with Crippen LogP contribution in [0, 0.1) is 5.92 Å². The third-order valence-electron chi connectivity index (χ3n) is 2.71. The standard InChI is InChI=1S/C11H17N3O3S/c1-3-6(2)9(10(16)17)14-8(15)4-7-5-18-11(12)13-7/h5-6,9H,3-4H2,1-2H3,(H2,12,13)(H,14,15)(H,16,17). The van der Waals surface area contributed by atoms with Crippen molar-refractivity contribution in [3.05, 3.63) is 11.1 Å². The number of nitrogens with one attached hydrogen (secondary N) is 1. The molecule has 1 aromatic rings. The van der Waals surface area contributed by atoms with Gasteiger partial charge in [-0.1, -0.05) is 20.3 Å². The van der Waals surface area contributed by atoms with Gasteiger partial charge in [0.1, 0.15) is 6.04 Å². The van der Waals surface area contributed by atoms with Gasteiger partial charge in [0.25, 0.3) is 0 Å². The van der Waals surface area contributed by atoms with Crippen LogP contribution >= 0.6 is 11.3 Å². The average molecular weight is 271 g/mol. The molecule has 1 heterocycles. The highest BCUT2D eigenvalue weighted by Gasteiger charge is 2.25. The number of anilines is 1. The summed E-state index contributed by atoms with van der Waals surface area (Å²) >= 11 is 1.25. The van der Waals surface area contributed by atoms with Crippen LogP contribution < -0.4 is 11.1 Å². The van der Waals surface area contributed by atoms with Gasteiger partial charge in [0.05, 0.1) is 12.1 Å². The Morgan fingerprint density at radius 1 is 1.61 bits per heavy atom. The first-order valence-electron chi connectivity index (χ1n) is 5.66.